The van der Waals surface area contributed by atoms with Crippen LogP contribution in [0.25, 0.3) is 11.3 Å². The molecule has 1 aromatic carbocycles. The number of anilines is 1. The lowest BCUT2D eigenvalue weighted by Crippen LogP contribution is -2.07. The van der Waals surface area contributed by atoms with Crippen LogP contribution in [0.5, 0.6) is 0 Å². The summed E-state index contributed by atoms with van der Waals surface area (Å²) < 4.78 is 5.10. The molecule has 0 amide bonds. The molecule has 0 fully saturated rings. The molecule has 0 spiro atoms. The van der Waals surface area contributed by atoms with Gasteiger partial charge in [-0.25, -0.2) is 0 Å². The van der Waals surface area contributed by atoms with E-state index in [4.69, 9.17) is 15.4 Å². The van der Waals surface area contributed by atoms with Gasteiger partial charge in [-0.3, -0.25) is 4.79 Å². The van der Waals surface area contributed by atoms with Crippen molar-refractivity contribution in [2.45, 2.75) is 0 Å². The molecule has 0 atom stereocenters. The summed E-state index contributed by atoms with van der Waals surface area (Å²) in [4.78, 5) is 14.5. The van der Waals surface area contributed by atoms with Crippen LogP contribution in [-0.2, 0) is 0 Å². The number of nitrogens with two attached hydrogens (primary N) is 1. The summed E-state index contributed by atoms with van der Waals surface area (Å²) in [6, 6.07) is 9.69. The lowest BCUT2D eigenvalue weighted by molar-refractivity contribution is 0.564. The Morgan fingerprint density at radius 3 is 2.56 bits per heavy atom. The summed E-state index contributed by atoms with van der Waals surface area (Å²) in [7, 11) is 0. The van der Waals surface area contributed by atoms with Gasteiger partial charge in [-0.1, -0.05) is 0 Å². The fraction of sp³-hybridized carbons (Fsp3) is 0. The van der Waals surface area contributed by atoms with Gasteiger partial charge in [0.25, 0.3) is 11.6 Å². The molecule has 0 aliphatic heterocycles. The summed E-state index contributed by atoms with van der Waals surface area (Å²) in [6.45, 7) is 0. The lowest BCUT2D eigenvalue weighted by Gasteiger charge is -2.00. The van der Waals surface area contributed by atoms with E-state index in [9.17, 15) is 4.79 Å². The second-order valence-electron chi connectivity index (χ2n) is 3.09. The summed E-state index contributed by atoms with van der Waals surface area (Å²) >= 11 is 0. The number of nitrogen functional groups attached to an aromatic ring is 1. The van der Waals surface area contributed by atoms with Crippen molar-refractivity contribution in [3.63, 3.8) is 0 Å². The van der Waals surface area contributed by atoms with E-state index in [0.29, 0.717) is 16.9 Å². The number of aromatic nitrogens is 1. The SMILES string of the molecule is N#Cc1ccc(-c2cc(=O)nc(N)o2)cc1. The Labute approximate surface area is 90.8 Å². The van der Waals surface area contributed by atoms with E-state index in [1.54, 1.807) is 24.3 Å². The van der Waals surface area contributed by atoms with Gasteiger partial charge < -0.3 is 10.2 Å². The Kier molecular flexibility index (Phi) is 2.40. The highest BCUT2D eigenvalue weighted by atomic mass is 16.4. The van der Waals surface area contributed by atoms with Crippen LogP contribution >= 0.6 is 0 Å². The van der Waals surface area contributed by atoms with Crippen molar-refractivity contribution in [1.82, 2.24) is 4.98 Å². The molecule has 1 aromatic heterocycles. The average molecular weight is 213 g/mol. The molecule has 2 rings (SSSR count). The zero-order chi connectivity index (χ0) is 11.5. The number of hydrogen-bond acceptors (Lipinski definition) is 5. The molecule has 0 aliphatic rings. The Morgan fingerprint density at radius 2 is 2.00 bits per heavy atom. The highest BCUT2D eigenvalue weighted by Crippen LogP contribution is 2.19. The van der Waals surface area contributed by atoms with Crippen LogP contribution in [0.4, 0.5) is 6.01 Å². The number of nitriles is 1. The molecule has 0 saturated carbocycles. The van der Waals surface area contributed by atoms with Crippen LogP contribution in [0, 0.1) is 11.3 Å². The van der Waals surface area contributed by atoms with Gasteiger partial charge in [0.2, 0.25) is 0 Å². The fourth-order valence-corrected chi connectivity index (χ4v) is 1.27. The van der Waals surface area contributed by atoms with Gasteiger partial charge in [0.15, 0.2) is 0 Å². The molecule has 0 bridgehead atoms. The third-order valence-electron chi connectivity index (χ3n) is 1.99. The van der Waals surface area contributed by atoms with Gasteiger partial charge in [0.1, 0.15) is 5.76 Å². The Hall–Kier alpha value is -2.61. The maximum atomic E-state index is 11.1. The van der Waals surface area contributed by atoms with Crippen LogP contribution in [0.15, 0.2) is 39.5 Å². The van der Waals surface area contributed by atoms with Crippen molar-refractivity contribution in [2.75, 3.05) is 5.73 Å². The molecule has 2 N–H and O–H groups in total. The Morgan fingerprint density at radius 1 is 1.31 bits per heavy atom. The minimum absolute atomic E-state index is 0.174. The van der Waals surface area contributed by atoms with E-state index >= 15 is 0 Å². The van der Waals surface area contributed by atoms with Crippen LogP contribution < -0.4 is 11.3 Å². The van der Waals surface area contributed by atoms with Gasteiger partial charge in [-0.05, 0) is 24.3 Å². The molecule has 0 saturated heterocycles. The van der Waals surface area contributed by atoms with Gasteiger partial charge in [0.05, 0.1) is 11.6 Å². The molecule has 0 aliphatic carbocycles. The topological polar surface area (TPSA) is 92.9 Å². The van der Waals surface area contributed by atoms with Gasteiger partial charge in [-0.15, -0.1) is 0 Å². The summed E-state index contributed by atoms with van der Waals surface area (Å²) in [5.41, 5.74) is 6.07. The summed E-state index contributed by atoms with van der Waals surface area (Å²) in [5.74, 6) is 0.335. The van der Waals surface area contributed by atoms with Crippen LogP contribution in [0.1, 0.15) is 5.56 Å². The molecule has 0 unspecified atom stereocenters. The first-order valence-electron chi connectivity index (χ1n) is 4.47. The molecule has 5 nitrogen and oxygen atoms in total. The first-order valence-corrected chi connectivity index (χ1v) is 4.47. The summed E-state index contributed by atoms with van der Waals surface area (Å²) in [5, 5.41) is 8.63. The van der Waals surface area contributed by atoms with Crippen LogP contribution in [0.3, 0.4) is 0 Å². The fourth-order valence-electron chi connectivity index (χ4n) is 1.27. The zero-order valence-corrected chi connectivity index (χ0v) is 8.18. The van der Waals surface area contributed by atoms with E-state index in [0.717, 1.165) is 0 Å². The smallest absolute Gasteiger partial charge is 0.295 e. The predicted octanol–water partition coefficient (Wildman–Crippen LogP) is 1.16. The molecule has 2 aromatic rings. The predicted molar refractivity (Wildman–Crippen MR) is 57.3 cm³/mol. The third-order valence-corrected chi connectivity index (χ3v) is 1.99. The van der Waals surface area contributed by atoms with E-state index in [1.165, 1.54) is 6.07 Å². The van der Waals surface area contributed by atoms with Crippen molar-refractivity contribution in [3.8, 4) is 17.4 Å². The van der Waals surface area contributed by atoms with Crippen molar-refractivity contribution >= 4 is 6.01 Å². The Balaban J connectivity index is 2.51. The average Bonchev–Trinajstić information content (AvgIpc) is 2.28. The normalized spacial score (nSPS) is 9.69. The maximum absolute atomic E-state index is 11.1. The number of hydrogen-bond donors (Lipinski definition) is 1. The summed E-state index contributed by atoms with van der Waals surface area (Å²) in [6.07, 6.45) is 0. The van der Waals surface area contributed by atoms with Crippen molar-refractivity contribution < 1.29 is 4.42 Å². The van der Waals surface area contributed by atoms with Gasteiger partial charge >= 0.3 is 0 Å². The molecule has 0 radical (unpaired) electrons. The second kappa shape index (κ2) is 3.87. The van der Waals surface area contributed by atoms with Crippen LogP contribution in [0.2, 0.25) is 0 Å². The van der Waals surface area contributed by atoms with Crippen LogP contribution in [-0.4, -0.2) is 4.98 Å². The third kappa shape index (κ3) is 1.91. The van der Waals surface area contributed by atoms with Crippen molar-refractivity contribution in [1.29, 1.82) is 5.26 Å². The molecule has 1 heterocycles. The van der Waals surface area contributed by atoms with E-state index in [-0.39, 0.29) is 6.01 Å². The van der Waals surface area contributed by atoms with Crippen molar-refractivity contribution in [2.24, 2.45) is 0 Å². The first-order chi connectivity index (χ1) is 7.69. The van der Waals surface area contributed by atoms with Crippen molar-refractivity contribution in [3.05, 3.63) is 46.2 Å². The molecule has 5 heteroatoms. The molecular weight excluding hydrogens is 206 g/mol. The van der Waals surface area contributed by atoms with E-state index < -0.39 is 5.56 Å². The number of rotatable bonds is 1. The highest BCUT2D eigenvalue weighted by molar-refractivity contribution is 5.58. The maximum Gasteiger partial charge on any atom is 0.295 e. The van der Waals surface area contributed by atoms with Gasteiger partial charge in [-0.2, -0.15) is 10.2 Å². The van der Waals surface area contributed by atoms with E-state index in [2.05, 4.69) is 4.98 Å². The first kappa shape index (κ1) is 9.93. The quantitative estimate of drug-likeness (QED) is 0.767. The van der Waals surface area contributed by atoms with Gasteiger partial charge in [0, 0.05) is 11.6 Å². The molecule has 16 heavy (non-hydrogen) atoms. The minimum Gasteiger partial charge on any atom is -0.425 e. The number of benzene rings is 1. The lowest BCUT2D eigenvalue weighted by atomic mass is 10.1. The largest absolute Gasteiger partial charge is 0.425 e. The highest BCUT2D eigenvalue weighted by Gasteiger charge is 2.03. The zero-order valence-electron chi connectivity index (χ0n) is 8.18. The molecule has 78 valence electrons. The Bertz CT molecular complexity index is 608. The van der Waals surface area contributed by atoms with E-state index in [1.807, 2.05) is 6.07 Å². The standard InChI is InChI=1S/C11H7N3O2/c12-6-7-1-3-8(4-2-7)9-5-10(15)14-11(13)16-9/h1-5H,(H2,13,14,15). The second-order valence-corrected chi connectivity index (χ2v) is 3.09. The number of nitrogens with zero attached hydrogens (tertiary/aromatic N) is 2. The minimum atomic E-state index is -0.455. The monoisotopic (exact) mass is 213 g/mol. The molecular formula is C11H7N3O2.